The van der Waals surface area contributed by atoms with Crippen molar-refractivity contribution in [3.8, 4) is 0 Å². The van der Waals surface area contributed by atoms with Gasteiger partial charge in [-0.15, -0.1) is 0 Å². The summed E-state index contributed by atoms with van der Waals surface area (Å²) in [4.78, 5) is 24.4. The first-order valence-electron chi connectivity index (χ1n) is 8.54. The second-order valence-corrected chi connectivity index (χ2v) is 7.00. The van der Waals surface area contributed by atoms with Gasteiger partial charge >= 0.3 is 0 Å². The third-order valence-electron chi connectivity index (χ3n) is 4.08. The van der Waals surface area contributed by atoms with Crippen molar-refractivity contribution >= 4 is 39.1 Å². The van der Waals surface area contributed by atoms with Gasteiger partial charge in [-0.05, 0) is 58.7 Å². The molecule has 3 aromatic rings. The van der Waals surface area contributed by atoms with E-state index in [1.165, 1.54) is 35.1 Å². The van der Waals surface area contributed by atoms with E-state index in [1.54, 1.807) is 38.2 Å². The number of aromatic nitrogens is 2. The Morgan fingerprint density at radius 3 is 2.45 bits per heavy atom. The number of carbonyl (C=O) groups excluding carboxylic acids is 2. The van der Waals surface area contributed by atoms with Crippen molar-refractivity contribution < 1.29 is 14.0 Å². The molecule has 0 saturated heterocycles. The maximum absolute atomic E-state index is 13.2. The quantitative estimate of drug-likeness (QED) is 0.451. The number of hydrogen-bond donors (Lipinski definition) is 2. The topological polar surface area (TPSA) is 88.4 Å². The van der Waals surface area contributed by atoms with E-state index in [9.17, 15) is 14.0 Å². The van der Waals surface area contributed by atoms with Crippen LogP contribution in [-0.4, -0.2) is 27.3 Å². The number of amides is 2. The van der Waals surface area contributed by atoms with Crippen LogP contribution < -0.4 is 10.7 Å². The highest BCUT2D eigenvalue weighted by Crippen LogP contribution is 2.15. The van der Waals surface area contributed by atoms with Gasteiger partial charge in [-0.25, -0.2) is 9.82 Å². The molecule has 0 radical (unpaired) electrons. The van der Waals surface area contributed by atoms with Crippen LogP contribution in [0, 0.1) is 5.82 Å². The van der Waals surface area contributed by atoms with Gasteiger partial charge in [-0.2, -0.15) is 10.2 Å². The average Bonchev–Trinajstić information content (AvgIpc) is 3.04. The molecule has 148 valence electrons. The first kappa shape index (κ1) is 20.4. The number of aryl methyl sites for hydroxylation is 1. The molecule has 0 bridgehead atoms. The molecule has 0 aliphatic heterocycles. The van der Waals surface area contributed by atoms with Crippen LogP contribution in [0.3, 0.4) is 0 Å². The van der Waals surface area contributed by atoms with Gasteiger partial charge in [0.2, 0.25) is 0 Å². The van der Waals surface area contributed by atoms with Gasteiger partial charge in [-0.3, -0.25) is 14.3 Å². The summed E-state index contributed by atoms with van der Waals surface area (Å²) in [5.74, 6) is -1.27. The Hall–Kier alpha value is -3.33. The molecule has 29 heavy (non-hydrogen) atoms. The van der Waals surface area contributed by atoms with Crippen molar-refractivity contribution in [1.29, 1.82) is 0 Å². The lowest BCUT2D eigenvalue weighted by Crippen LogP contribution is -2.22. The summed E-state index contributed by atoms with van der Waals surface area (Å²) >= 11 is 3.27. The number of carbonyl (C=O) groups is 2. The van der Waals surface area contributed by atoms with E-state index in [0.717, 1.165) is 5.56 Å². The summed E-state index contributed by atoms with van der Waals surface area (Å²) in [6.45, 7) is 1.75. The summed E-state index contributed by atoms with van der Waals surface area (Å²) < 4.78 is 15.3. The fourth-order valence-electron chi connectivity index (χ4n) is 2.55. The number of hydrazone groups is 1. The van der Waals surface area contributed by atoms with Crippen molar-refractivity contribution in [3.05, 3.63) is 81.8 Å². The number of halogens is 2. The fraction of sp³-hybridized carbons (Fsp3) is 0.100. The zero-order valence-corrected chi connectivity index (χ0v) is 17.2. The van der Waals surface area contributed by atoms with Gasteiger partial charge in [0, 0.05) is 18.3 Å². The van der Waals surface area contributed by atoms with E-state index in [1.807, 2.05) is 0 Å². The van der Waals surface area contributed by atoms with E-state index in [2.05, 4.69) is 36.9 Å². The van der Waals surface area contributed by atoms with Crippen LogP contribution in [0.15, 0.2) is 64.3 Å². The molecule has 0 spiro atoms. The predicted octanol–water partition coefficient (Wildman–Crippen LogP) is 3.73. The van der Waals surface area contributed by atoms with E-state index in [-0.39, 0.29) is 5.56 Å². The van der Waals surface area contributed by atoms with Crippen molar-refractivity contribution in [2.45, 2.75) is 6.92 Å². The SMILES string of the molecule is CC(=NNC(=O)c1c(Br)cnn1C)c1ccc(NC(=O)c2cccc(F)c2)cc1. The van der Waals surface area contributed by atoms with E-state index in [4.69, 9.17) is 0 Å². The average molecular weight is 458 g/mol. The molecule has 0 fully saturated rings. The Kier molecular flexibility index (Phi) is 6.18. The monoisotopic (exact) mass is 457 g/mol. The Labute approximate surface area is 174 Å². The predicted molar refractivity (Wildman–Crippen MR) is 111 cm³/mol. The molecule has 1 heterocycles. The van der Waals surface area contributed by atoms with Crippen LogP contribution in [-0.2, 0) is 7.05 Å². The lowest BCUT2D eigenvalue weighted by atomic mass is 10.1. The number of anilines is 1. The van der Waals surface area contributed by atoms with Crippen LogP contribution in [0.1, 0.15) is 33.3 Å². The summed E-state index contributed by atoms with van der Waals surface area (Å²) in [7, 11) is 1.66. The fourth-order valence-corrected chi connectivity index (χ4v) is 3.07. The molecular weight excluding hydrogens is 441 g/mol. The molecule has 3 rings (SSSR count). The maximum Gasteiger partial charge on any atom is 0.290 e. The first-order valence-corrected chi connectivity index (χ1v) is 9.34. The second-order valence-electron chi connectivity index (χ2n) is 6.14. The van der Waals surface area contributed by atoms with Crippen LogP contribution in [0.4, 0.5) is 10.1 Å². The zero-order chi connectivity index (χ0) is 21.0. The number of rotatable bonds is 5. The summed E-state index contributed by atoms with van der Waals surface area (Å²) in [6.07, 6.45) is 1.53. The molecular formula is C20H17BrFN5O2. The molecule has 0 unspecified atom stereocenters. The highest BCUT2D eigenvalue weighted by Gasteiger charge is 2.14. The van der Waals surface area contributed by atoms with Gasteiger partial charge in [0.1, 0.15) is 11.5 Å². The third kappa shape index (κ3) is 4.94. The van der Waals surface area contributed by atoms with E-state index >= 15 is 0 Å². The van der Waals surface area contributed by atoms with Crippen molar-refractivity contribution in [3.63, 3.8) is 0 Å². The first-order chi connectivity index (χ1) is 13.8. The van der Waals surface area contributed by atoms with Gasteiger partial charge in [0.25, 0.3) is 11.8 Å². The molecule has 0 saturated carbocycles. The Morgan fingerprint density at radius 1 is 1.10 bits per heavy atom. The van der Waals surface area contributed by atoms with Gasteiger partial charge in [-0.1, -0.05) is 18.2 Å². The lowest BCUT2D eigenvalue weighted by Gasteiger charge is -2.07. The van der Waals surface area contributed by atoms with Gasteiger partial charge in [0.05, 0.1) is 16.4 Å². The number of benzene rings is 2. The summed E-state index contributed by atoms with van der Waals surface area (Å²) in [6, 6.07) is 12.4. The Balaban J connectivity index is 1.65. The second kappa shape index (κ2) is 8.78. The zero-order valence-electron chi connectivity index (χ0n) is 15.6. The highest BCUT2D eigenvalue weighted by molar-refractivity contribution is 9.10. The van der Waals surface area contributed by atoms with Crippen LogP contribution in [0.5, 0.6) is 0 Å². The third-order valence-corrected chi connectivity index (χ3v) is 4.66. The lowest BCUT2D eigenvalue weighted by molar-refractivity contribution is 0.0944. The minimum atomic E-state index is -0.472. The minimum Gasteiger partial charge on any atom is -0.322 e. The molecule has 7 nitrogen and oxygen atoms in total. The van der Waals surface area contributed by atoms with Crippen molar-refractivity contribution in [1.82, 2.24) is 15.2 Å². The Bertz CT molecular complexity index is 1070. The molecule has 0 aliphatic rings. The highest BCUT2D eigenvalue weighted by atomic mass is 79.9. The molecule has 9 heteroatoms. The van der Waals surface area contributed by atoms with Crippen LogP contribution in [0.25, 0.3) is 0 Å². The van der Waals surface area contributed by atoms with E-state index < -0.39 is 17.6 Å². The van der Waals surface area contributed by atoms with Gasteiger partial charge < -0.3 is 5.32 Å². The molecule has 2 amide bonds. The summed E-state index contributed by atoms with van der Waals surface area (Å²) in [5, 5.41) is 10.8. The molecule has 0 atom stereocenters. The normalized spacial score (nSPS) is 11.2. The standard InChI is InChI=1S/C20H17BrFN5O2/c1-12(25-26-20(29)18-17(21)11-23-27(18)2)13-6-8-16(9-7-13)24-19(28)14-4-3-5-15(22)10-14/h3-11H,1-2H3,(H,24,28)(H,26,29). The van der Waals surface area contributed by atoms with E-state index in [0.29, 0.717) is 21.6 Å². The van der Waals surface area contributed by atoms with Crippen molar-refractivity contribution in [2.75, 3.05) is 5.32 Å². The number of hydrogen-bond acceptors (Lipinski definition) is 4. The van der Waals surface area contributed by atoms with Crippen LogP contribution in [0.2, 0.25) is 0 Å². The number of nitrogens with one attached hydrogen (secondary N) is 2. The number of nitrogens with zero attached hydrogens (tertiary/aromatic N) is 3. The van der Waals surface area contributed by atoms with Gasteiger partial charge in [0.15, 0.2) is 0 Å². The molecule has 2 aromatic carbocycles. The summed E-state index contributed by atoms with van der Waals surface area (Å²) in [5.41, 5.74) is 4.98. The smallest absolute Gasteiger partial charge is 0.290 e. The van der Waals surface area contributed by atoms with Crippen LogP contribution >= 0.6 is 15.9 Å². The largest absolute Gasteiger partial charge is 0.322 e. The molecule has 2 N–H and O–H groups in total. The van der Waals surface area contributed by atoms with Crippen molar-refractivity contribution in [2.24, 2.45) is 12.1 Å². The minimum absolute atomic E-state index is 0.232. The Morgan fingerprint density at radius 2 is 1.83 bits per heavy atom. The maximum atomic E-state index is 13.2. The molecule has 1 aromatic heterocycles. The molecule has 0 aliphatic carbocycles.